The summed E-state index contributed by atoms with van der Waals surface area (Å²) >= 11 is 3.31. The smallest absolute Gasteiger partial charge is 0.327 e. The molecule has 0 spiro atoms. The van der Waals surface area contributed by atoms with E-state index in [9.17, 15) is 9.59 Å². The van der Waals surface area contributed by atoms with Crippen LogP contribution in [0.5, 0.6) is 0 Å². The van der Waals surface area contributed by atoms with Gasteiger partial charge in [0, 0.05) is 11.8 Å². The van der Waals surface area contributed by atoms with Gasteiger partial charge < -0.3 is 15.3 Å². The number of nitrogens with one attached hydrogen (secondary N) is 1. The molecular formula is C11H20N2O3S2. The van der Waals surface area contributed by atoms with Gasteiger partial charge >= 0.3 is 12.0 Å². The van der Waals surface area contributed by atoms with Gasteiger partial charge in [-0.05, 0) is 24.9 Å². The van der Waals surface area contributed by atoms with Gasteiger partial charge in [0.25, 0.3) is 0 Å². The van der Waals surface area contributed by atoms with Gasteiger partial charge in [-0.3, -0.25) is 0 Å². The van der Waals surface area contributed by atoms with Crippen molar-refractivity contribution < 1.29 is 14.7 Å². The molecule has 1 saturated heterocycles. The van der Waals surface area contributed by atoms with Crippen LogP contribution in [-0.2, 0) is 4.79 Å². The number of hydrogen-bond acceptors (Lipinski definition) is 4. The Bertz CT molecular complexity index is 302. The largest absolute Gasteiger partial charge is 0.480 e. The zero-order chi connectivity index (χ0) is 13.5. The zero-order valence-electron chi connectivity index (χ0n) is 10.7. The molecule has 0 aromatic rings. The number of carboxylic acids is 1. The first-order valence-corrected chi connectivity index (χ1v) is 8.32. The maximum absolute atomic E-state index is 11.9. The molecule has 7 heteroatoms. The quantitative estimate of drug-likeness (QED) is 0.729. The molecule has 2 amide bonds. The van der Waals surface area contributed by atoms with Crippen LogP contribution < -0.4 is 5.32 Å². The van der Waals surface area contributed by atoms with Crippen LogP contribution in [-0.4, -0.2) is 57.2 Å². The van der Waals surface area contributed by atoms with E-state index in [0.29, 0.717) is 11.6 Å². The van der Waals surface area contributed by atoms with Crippen molar-refractivity contribution in [3.63, 3.8) is 0 Å². The predicted octanol–water partition coefficient (Wildman–Crippen LogP) is 1.69. The summed E-state index contributed by atoms with van der Waals surface area (Å²) in [5, 5.41) is 11.9. The van der Waals surface area contributed by atoms with Gasteiger partial charge in [-0.2, -0.15) is 11.8 Å². The maximum atomic E-state index is 11.9. The minimum Gasteiger partial charge on any atom is -0.480 e. The van der Waals surface area contributed by atoms with Crippen LogP contribution in [0.1, 0.15) is 20.3 Å². The molecule has 0 saturated carbocycles. The third kappa shape index (κ3) is 4.61. The summed E-state index contributed by atoms with van der Waals surface area (Å²) in [5.41, 5.74) is 0. The second-order valence-corrected chi connectivity index (χ2v) is 6.55. The molecule has 0 aromatic carbocycles. The Morgan fingerprint density at radius 2 is 2.33 bits per heavy atom. The van der Waals surface area contributed by atoms with E-state index < -0.39 is 12.0 Å². The van der Waals surface area contributed by atoms with Gasteiger partial charge in [-0.1, -0.05) is 6.92 Å². The summed E-state index contributed by atoms with van der Waals surface area (Å²) in [4.78, 5) is 24.3. The molecule has 104 valence electrons. The second-order valence-electron chi connectivity index (χ2n) is 4.16. The topological polar surface area (TPSA) is 69.6 Å². The molecule has 1 aliphatic heterocycles. The number of amides is 2. The maximum Gasteiger partial charge on any atom is 0.327 e. The fraction of sp³-hybridized carbons (Fsp3) is 0.818. The second kappa shape index (κ2) is 7.78. The molecular weight excluding hydrogens is 272 g/mol. The van der Waals surface area contributed by atoms with Crippen LogP contribution in [0, 0.1) is 0 Å². The van der Waals surface area contributed by atoms with E-state index in [1.807, 2.05) is 18.7 Å². The Balaban J connectivity index is 2.37. The molecule has 1 heterocycles. The van der Waals surface area contributed by atoms with Gasteiger partial charge in [0.05, 0.1) is 5.88 Å². The van der Waals surface area contributed by atoms with E-state index in [1.165, 1.54) is 16.7 Å². The first-order chi connectivity index (χ1) is 8.56. The Kier molecular flexibility index (Phi) is 6.70. The first-order valence-electron chi connectivity index (χ1n) is 6.01. The van der Waals surface area contributed by atoms with Gasteiger partial charge in [0.2, 0.25) is 0 Å². The summed E-state index contributed by atoms with van der Waals surface area (Å²) in [7, 11) is 0. The average Bonchev–Trinajstić information content (AvgIpc) is 2.78. The number of urea groups is 1. The number of hydrogen-bond donors (Lipinski definition) is 2. The minimum atomic E-state index is -0.927. The lowest BCUT2D eigenvalue weighted by Gasteiger charge is -2.23. The number of rotatable bonds is 6. The highest BCUT2D eigenvalue weighted by Crippen LogP contribution is 2.21. The van der Waals surface area contributed by atoms with Crippen molar-refractivity contribution in [3.05, 3.63) is 0 Å². The summed E-state index contributed by atoms with van der Waals surface area (Å²) in [6.45, 7) is 4.06. The lowest BCUT2D eigenvalue weighted by Crippen LogP contribution is -2.49. The predicted molar refractivity (Wildman–Crippen MR) is 76.2 cm³/mol. The first kappa shape index (κ1) is 15.5. The minimum absolute atomic E-state index is 0.0802. The third-order valence-electron chi connectivity index (χ3n) is 2.70. The molecule has 2 unspecified atom stereocenters. The molecule has 0 aromatic heterocycles. The lowest BCUT2D eigenvalue weighted by molar-refractivity contribution is -0.140. The summed E-state index contributed by atoms with van der Waals surface area (Å²) in [5.74, 6) is 2.09. The molecule has 5 nitrogen and oxygen atoms in total. The number of carbonyl (C=O) groups is 2. The van der Waals surface area contributed by atoms with Crippen molar-refractivity contribution >= 4 is 35.5 Å². The van der Waals surface area contributed by atoms with Crippen molar-refractivity contribution in [1.29, 1.82) is 0 Å². The molecule has 1 fully saturated rings. The molecule has 0 aliphatic carbocycles. The van der Waals surface area contributed by atoms with E-state index in [4.69, 9.17) is 5.11 Å². The number of thioether (sulfide) groups is 2. The van der Waals surface area contributed by atoms with Crippen LogP contribution in [0.25, 0.3) is 0 Å². The number of carboxylic acid groups (broad SMARTS) is 1. The van der Waals surface area contributed by atoms with Crippen molar-refractivity contribution in [2.24, 2.45) is 0 Å². The van der Waals surface area contributed by atoms with Crippen LogP contribution in [0.15, 0.2) is 0 Å². The van der Waals surface area contributed by atoms with E-state index in [1.54, 1.807) is 0 Å². The van der Waals surface area contributed by atoms with Crippen molar-refractivity contribution in [1.82, 2.24) is 10.2 Å². The lowest BCUT2D eigenvalue weighted by atomic mass is 10.2. The Morgan fingerprint density at radius 1 is 1.61 bits per heavy atom. The fourth-order valence-electron chi connectivity index (χ4n) is 1.62. The van der Waals surface area contributed by atoms with Crippen molar-refractivity contribution in [3.8, 4) is 0 Å². The summed E-state index contributed by atoms with van der Waals surface area (Å²) < 4.78 is 0. The van der Waals surface area contributed by atoms with Crippen LogP contribution in [0.3, 0.4) is 0 Å². The molecule has 0 bridgehead atoms. The average molecular weight is 292 g/mol. The van der Waals surface area contributed by atoms with E-state index in [0.717, 1.165) is 17.9 Å². The van der Waals surface area contributed by atoms with Crippen LogP contribution >= 0.6 is 23.5 Å². The van der Waals surface area contributed by atoms with Gasteiger partial charge in [-0.25, -0.2) is 9.59 Å². The Labute approximate surface area is 116 Å². The molecule has 1 rings (SSSR count). The number of aliphatic carboxylic acids is 1. The van der Waals surface area contributed by atoms with E-state index >= 15 is 0 Å². The molecule has 0 radical (unpaired) electrons. The van der Waals surface area contributed by atoms with E-state index in [-0.39, 0.29) is 12.1 Å². The number of nitrogens with zero attached hydrogens (tertiary/aromatic N) is 1. The monoisotopic (exact) mass is 292 g/mol. The standard InChI is InChI=1S/C11H20N2O3S2/c1-3-17-5-4-8(2)12-11(16)13-7-18-6-9(13)10(14)15/h8-9H,3-7H2,1-2H3,(H,12,16)(H,14,15). The SMILES string of the molecule is CCSCCC(C)NC(=O)N1CSCC1C(=O)O. The van der Waals surface area contributed by atoms with Gasteiger partial charge in [0.15, 0.2) is 0 Å². The summed E-state index contributed by atoms with van der Waals surface area (Å²) in [6, 6.07) is -0.870. The van der Waals surface area contributed by atoms with Crippen molar-refractivity contribution in [2.45, 2.75) is 32.4 Å². The van der Waals surface area contributed by atoms with Gasteiger partial charge in [-0.15, -0.1) is 11.8 Å². The van der Waals surface area contributed by atoms with Crippen LogP contribution in [0.2, 0.25) is 0 Å². The van der Waals surface area contributed by atoms with Crippen molar-refractivity contribution in [2.75, 3.05) is 23.1 Å². The van der Waals surface area contributed by atoms with Crippen LogP contribution in [0.4, 0.5) is 4.79 Å². The Morgan fingerprint density at radius 3 is 2.94 bits per heavy atom. The zero-order valence-corrected chi connectivity index (χ0v) is 12.4. The normalized spacial score (nSPS) is 20.8. The molecule has 2 atom stereocenters. The fourth-order valence-corrected chi connectivity index (χ4v) is 3.57. The van der Waals surface area contributed by atoms with E-state index in [2.05, 4.69) is 12.2 Å². The Hall–Kier alpha value is -0.560. The third-order valence-corrected chi connectivity index (χ3v) is 4.64. The molecule has 18 heavy (non-hydrogen) atoms. The highest BCUT2D eigenvalue weighted by atomic mass is 32.2. The highest BCUT2D eigenvalue weighted by molar-refractivity contribution is 7.99. The molecule has 2 N–H and O–H groups in total. The molecule has 1 aliphatic rings. The highest BCUT2D eigenvalue weighted by Gasteiger charge is 2.34. The summed E-state index contributed by atoms with van der Waals surface area (Å²) in [6.07, 6.45) is 0.906. The number of carbonyl (C=O) groups excluding carboxylic acids is 1. The van der Waals surface area contributed by atoms with Gasteiger partial charge in [0.1, 0.15) is 6.04 Å².